The number of carbonyl (C=O) groups is 1. The molecule has 0 unspecified atom stereocenters. The SMILES string of the molecule is Nc1cnc(CCOC=O)s1. The highest BCUT2D eigenvalue weighted by atomic mass is 32.1. The lowest BCUT2D eigenvalue weighted by molar-refractivity contribution is -0.128. The molecule has 5 heteroatoms. The van der Waals surface area contributed by atoms with E-state index in [4.69, 9.17) is 5.73 Å². The van der Waals surface area contributed by atoms with Gasteiger partial charge in [0.25, 0.3) is 6.47 Å². The van der Waals surface area contributed by atoms with Crippen LogP contribution in [0, 0.1) is 0 Å². The molecule has 0 aliphatic carbocycles. The maximum absolute atomic E-state index is 9.74. The van der Waals surface area contributed by atoms with E-state index < -0.39 is 0 Å². The Bertz CT molecular complexity index is 236. The van der Waals surface area contributed by atoms with Gasteiger partial charge in [-0.15, -0.1) is 11.3 Å². The van der Waals surface area contributed by atoms with Crippen LogP contribution in [0.25, 0.3) is 0 Å². The molecule has 0 fully saturated rings. The number of rotatable bonds is 4. The number of carbonyl (C=O) groups excluding carboxylic acids is 1. The van der Waals surface area contributed by atoms with Crippen LogP contribution in [0.4, 0.5) is 5.00 Å². The van der Waals surface area contributed by atoms with Gasteiger partial charge < -0.3 is 10.5 Å². The minimum absolute atomic E-state index is 0.371. The van der Waals surface area contributed by atoms with E-state index in [0.29, 0.717) is 24.5 Å². The first-order valence-corrected chi connectivity index (χ1v) is 3.90. The Morgan fingerprint density at radius 2 is 2.64 bits per heavy atom. The number of hydrogen-bond acceptors (Lipinski definition) is 5. The summed E-state index contributed by atoms with van der Waals surface area (Å²) < 4.78 is 4.49. The molecule has 0 aliphatic rings. The Morgan fingerprint density at radius 3 is 3.18 bits per heavy atom. The van der Waals surface area contributed by atoms with E-state index >= 15 is 0 Å². The second-order valence-corrected chi connectivity index (χ2v) is 3.02. The maximum Gasteiger partial charge on any atom is 0.293 e. The average molecular weight is 172 g/mol. The number of hydrogen-bond donors (Lipinski definition) is 1. The molecular weight excluding hydrogens is 164 g/mol. The Morgan fingerprint density at radius 1 is 1.82 bits per heavy atom. The summed E-state index contributed by atoms with van der Waals surface area (Å²) in [7, 11) is 0. The number of anilines is 1. The summed E-state index contributed by atoms with van der Waals surface area (Å²) in [6.07, 6.45) is 2.24. The zero-order valence-electron chi connectivity index (χ0n) is 5.82. The molecule has 1 aromatic rings. The zero-order valence-corrected chi connectivity index (χ0v) is 6.63. The third-order valence-corrected chi connectivity index (χ3v) is 1.96. The van der Waals surface area contributed by atoms with Crippen molar-refractivity contribution in [1.82, 2.24) is 4.98 Å². The highest BCUT2D eigenvalue weighted by Gasteiger charge is 1.97. The number of nitrogens with two attached hydrogens (primary N) is 1. The van der Waals surface area contributed by atoms with Crippen molar-refractivity contribution >= 4 is 22.8 Å². The van der Waals surface area contributed by atoms with Crippen LogP contribution >= 0.6 is 11.3 Å². The summed E-state index contributed by atoms with van der Waals surface area (Å²) in [6.45, 7) is 0.799. The van der Waals surface area contributed by atoms with Crippen LogP contribution in [0.15, 0.2) is 6.20 Å². The molecule has 11 heavy (non-hydrogen) atoms. The lowest BCUT2D eigenvalue weighted by atomic mass is 10.5. The molecule has 0 atom stereocenters. The largest absolute Gasteiger partial charge is 0.467 e. The quantitative estimate of drug-likeness (QED) is 0.528. The Hall–Kier alpha value is -1.10. The first-order valence-electron chi connectivity index (χ1n) is 3.08. The fourth-order valence-electron chi connectivity index (χ4n) is 0.634. The van der Waals surface area contributed by atoms with Crippen molar-refractivity contribution in [3.8, 4) is 0 Å². The third kappa shape index (κ3) is 2.55. The molecular formula is C6H8N2O2S. The van der Waals surface area contributed by atoms with E-state index in [2.05, 4.69) is 9.72 Å². The van der Waals surface area contributed by atoms with Crippen molar-refractivity contribution in [3.63, 3.8) is 0 Å². The van der Waals surface area contributed by atoms with Crippen molar-refractivity contribution in [2.75, 3.05) is 12.3 Å². The van der Waals surface area contributed by atoms with Gasteiger partial charge in [-0.2, -0.15) is 0 Å². The van der Waals surface area contributed by atoms with Crippen LogP contribution in [0.1, 0.15) is 5.01 Å². The van der Waals surface area contributed by atoms with Crippen molar-refractivity contribution in [3.05, 3.63) is 11.2 Å². The van der Waals surface area contributed by atoms with Crippen molar-refractivity contribution < 1.29 is 9.53 Å². The van der Waals surface area contributed by atoms with E-state index in [-0.39, 0.29) is 0 Å². The molecule has 0 bridgehead atoms. The van der Waals surface area contributed by atoms with E-state index in [1.807, 2.05) is 0 Å². The molecule has 60 valence electrons. The topological polar surface area (TPSA) is 65.2 Å². The Kier molecular flexibility index (Phi) is 2.85. The Labute approximate surface area is 68.0 Å². The van der Waals surface area contributed by atoms with E-state index in [9.17, 15) is 4.79 Å². The highest BCUT2D eigenvalue weighted by molar-refractivity contribution is 7.15. The molecule has 0 saturated heterocycles. The van der Waals surface area contributed by atoms with Gasteiger partial charge in [-0.1, -0.05) is 0 Å². The van der Waals surface area contributed by atoms with Gasteiger partial charge in [0.05, 0.1) is 17.8 Å². The number of thiazole rings is 1. The zero-order chi connectivity index (χ0) is 8.10. The first kappa shape index (κ1) is 8.00. The molecule has 1 rings (SSSR count). The summed E-state index contributed by atoms with van der Waals surface area (Å²) in [5.41, 5.74) is 5.43. The standard InChI is InChI=1S/C6H8N2O2S/c7-5-3-8-6(11-5)1-2-10-4-9/h3-4H,1-2,7H2. The predicted molar refractivity (Wildman–Crippen MR) is 42.2 cm³/mol. The van der Waals surface area contributed by atoms with Gasteiger partial charge >= 0.3 is 0 Å². The molecule has 1 aromatic heterocycles. The van der Waals surface area contributed by atoms with Gasteiger partial charge in [0, 0.05) is 6.42 Å². The lowest BCUT2D eigenvalue weighted by Gasteiger charge is -1.92. The fourth-order valence-corrected chi connectivity index (χ4v) is 1.30. The second kappa shape index (κ2) is 3.92. The monoisotopic (exact) mass is 172 g/mol. The summed E-state index contributed by atoms with van der Waals surface area (Å²) in [5, 5.41) is 1.58. The molecule has 0 saturated carbocycles. The number of nitrogen functional groups attached to an aromatic ring is 1. The summed E-state index contributed by atoms with van der Waals surface area (Å²) >= 11 is 1.41. The van der Waals surface area contributed by atoms with Crippen molar-refractivity contribution in [2.24, 2.45) is 0 Å². The van der Waals surface area contributed by atoms with E-state index in [1.165, 1.54) is 11.3 Å². The molecule has 0 aliphatic heterocycles. The molecule has 0 radical (unpaired) electrons. The summed E-state index contributed by atoms with van der Waals surface area (Å²) in [6, 6.07) is 0. The van der Waals surface area contributed by atoms with Crippen molar-refractivity contribution in [2.45, 2.75) is 6.42 Å². The van der Waals surface area contributed by atoms with Crippen LogP contribution < -0.4 is 5.73 Å². The normalized spacial score (nSPS) is 9.45. The van der Waals surface area contributed by atoms with Crippen molar-refractivity contribution in [1.29, 1.82) is 0 Å². The number of ether oxygens (including phenoxy) is 1. The molecule has 4 nitrogen and oxygen atoms in total. The van der Waals surface area contributed by atoms with E-state index in [1.54, 1.807) is 6.20 Å². The number of aromatic nitrogens is 1. The van der Waals surface area contributed by atoms with Crippen LogP contribution in [0.2, 0.25) is 0 Å². The van der Waals surface area contributed by atoms with E-state index in [0.717, 1.165) is 5.01 Å². The lowest BCUT2D eigenvalue weighted by Crippen LogP contribution is -1.95. The van der Waals surface area contributed by atoms with Crippen LogP contribution in [0.3, 0.4) is 0 Å². The fraction of sp³-hybridized carbons (Fsp3) is 0.333. The summed E-state index contributed by atoms with van der Waals surface area (Å²) in [4.78, 5) is 13.7. The highest BCUT2D eigenvalue weighted by Crippen LogP contribution is 2.14. The molecule has 2 N–H and O–H groups in total. The van der Waals surface area contributed by atoms with Gasteiger partial charge in [-0.05, 0) is 0 Å². The second-order valence-electron chi connectivity index (χ2n) is 1.87. The first-order chi connectivity index (χ1) is 5.33. The molecule has 0 aromatic carbocycles. The minimum atomic E-state index is 0.371. The van der Waals surface area contributed by atoms with Crippen LogP contribution in [-0.4, -0.2) is 18.1 Å². The van der Waals surface area contributed by atoms with Gasteiger partial charge in [0.15, 0.2) is 0 Å². The average Bonchev–Trinajstić information content (AvgIpc) is 2.37. The van der Waals surface area contributed by atoms with Crippen LogP contribution in [0.5, 0.6) is 0 Å². The van der Waals surface area contributed by atoms with Gasteiger partial charge in [0.2, 0.25) is 0 Å². The smallest absolute Gasteiger partial charge is 0.293 e. The van der Waals surface area contributed by atoms with Gasteiger partial charge in [-0.25, -0.2) is 4.98 Å². The molecule has 1 heterocycles. The minimum Gasteiger partial charge on any atom is -0.467 e. The van der Waals surface area contributed by atoms with Gasteiger partial charge in [-0.3, -0.25) is 4.79 Å². The maximum atomic E-state index is 9.74. The third-order valence-electron chi connectivity index (χ3n) is 1.07. The summed E-state index contributed by atoms with van der Waals surface area (Å²) in [5.74, 6) is 0. The predicted octanol–water partition coefficient (Wildman–Crippen LogP) is 0.441. The Balaban J connectivity index is 2.32. The molecule has 0 amide bonds. The van der Waals surface area contributed by atoms with Gasteiger partial charge in [0.1, 0.15) is 5.00 Å². The number of nitrogens with zero attached hydrogens (tertiary/aromatic N) is 1. The van der Waals surface area contributed by atoms with Crippen LogP contribution in [-0.2, 0) is 16.0 Å². The molecule has 0 spiro atoms.